The molecule has 0 aromatic carbocycles. The first-order chi connectivity index (χ1) is 3.84. The van der Waals surface area contributed by atoms with Gasteiger partial charge in [-0.15, -0.1) is 0 Å². The number of nitrogens with one attached hydrogen (secondary N) is 1. The van der Waals surface area contributed by atoms with Crippen molar-refractivity contribution in [1.29, 1.82) is 0 Å². The lowest BCUT2D eigenvalue weighted by Gasteiger charge is -2.20. The standard InChI is InChI=1S/C5H10N2O/c1-6-5(8)4-2-7-3-4/h4,7H,2-3H2,1H3,(H,6,8)/p+1. The third-order valence-electron chi connectivity index (χ3n) is 1.52. The molecule has 0 unspecified atom stereocenters. The third-order valence-corrected chi connectivity index (χ3v) is 1.52. The van der Waals surface area contributed by atoms with Gasteiger partial charge in [-0.3, -0.25) is 4.79 Å². The number of quaternary nitrogens is 1. The van der Waals surface area contributed by atoms with Crippen molar-refractivity contribution >= 4 is 5.91 Å². The number of amides is 1. The van der Waals surface area contributed by atoms with E-state index in [1.54, 1.807) is 7.05 Å². The summed E-state index contributed by atoms with van der Waals surface area (Å²) >= 11 is 0. The van der Waals surface area contributed by atoms with Crippen molar-refractivity contribution in [3.8, 4) is 0 Å². The van der Waals surface area contributed by atoms with Gasteiger partial charge in [0.05, 0.1) is 13.1 Å². The highest BCUT2D eigenvalue weighted by molar-refractivity contribution is 5.78. The van der Waals surface area contributed by atoms with E-state index < -0.39 is 0 Å². The van der Waals surface area contributed by atoms with Crippen LogP contribution >= 0.6 is 0 Å². The molecule has 0 atom stereocenters. The Bertz CT molecular complexity index is 98.6. The predicted octanol–water partition coefficient (Wildman–Crippen LogP) is -2.07. The maximum atomic E-state index is 10.7. The molecule has 1 aliphatic rings. The molecule has 1 heterocycles. The zero-order valence-electron chi connectivity index (χ0n) is 4.98. The van der Waals surface area contributed by atoms with E-state index in [0.29, 0.717) is 5.92 Å². The largest absolute Gasteiger partial charge is 0.359 e. The van der Waals surface area contributed by atoms with E-state index >= 15 is 0 Å². The summed E-state index contributed by atoms with van der Waals surface area (Å²) in [6, 6.07) is 0. The fourth-order valence-electron chi connectivity index (χ4n) is 0.752. The van der Waals surface area contributed by atoms with Gasteiger partial charge in [-0.05, 0) is 0 Å². The highest BCUT2D eigenvalue weighted by Gasteiger charge is 2.27. The lowest BCUT2D eigenvalue weighted by Crippen LogP contribution is -2.97. The maximum absolute atomic E-state index is 10.7. The van der Waals surface area contributed by atoms with E-state index in [4.69, 9.17) is 0 Å². The van der Waals surface area contributed by atoms with Crippen LogP contribution in [0.5, 0.6) is 0 Å². The first-order valence-corrected chi connectivity index (χ1v) is 2.88. The van der Waals surface area contributed by atoms with Crippen LogP contribution < -0.4 is 10.6 Å². The summed E-state index contributed by atoms with van der Waals surface area (Å²) in [6.07, 6.45) is 0. The van der Waals surface area contributed by atoms with E-state index in [2.05, 4.69) is 10.6 Å². The molecule has 0 aliphatic carbocycles. The second-order valence-electron chi connectivity index (χ2n) is 2.07. The van der Waals surface area contributed by atoms with Crippen LogP contribution in [0.25, 0.3) is 0 Å². The molecule has 46 valence electrons. The van der Waals surface area contributed by atoms with Crippen molar-refractivity contribution in [1.82, 2.24) is 5.32 Å². The Morgan fingerprint density at radius 2 is 2.38 bits per heavy atom. The van der Waals surface area contributed by atoms with Crippen LogP contribution in [-0.4, -0.2) is 26.0 Å². The summed E-state index contributed by atoms with van der Waals surface area (Å²) in [7, 11) is 1.68. The average molecular weight is 115 g/mol. The van der Waals surface area contributed by atoms with Crippen LogP contribution in [0, 0.1) is 5.92 Å². The van der Waals surface area contributed by atoms with E-state index in [1.807, 2.05) is 0 Å². The summed E-state index contributed by atoms with van der Waals surface area (Å²) in [6.45, 7) is 1.94. The Kier molecular flexibility index (Phi) is 1.48. The average Bonchev–Trinajstić information content (AvgIpc) is 1.62. The molecule has 0 radical (unpaired) electrons. The van der Waals surface area contributed by atoms with Crippen LogP contribution in [0.3, 0.4) is 0 Å². The molecule has 1 fully saturated rings. The molecular weight excluding hydrogens is 104 g/mol. The minimum absolute atomic E-state index is 0.188. The minimum Gasteiger partial charge on any atom is -0.359 e. The Labute approximate surface area is 48.5 Å². The van der Waals surface area contributed by atoms with Gasteiger partial charge in [0.15, 0.2) is 0 Å². The van der Waals surface area contributed by atoms with Gasteiger partial charge < -0.3 is 10.6 Å². The monoisotopic (exact) mass is 115 g/mol. The topological polar surface area (TPSA) is 45.7 Å². The minimum atomic E-state index is 0.188. The zero-order chi connectivity index (χ0) is 5.98. The van der Waals surface area contributed by atoms with Crippen molar-refractivity contribution < 1.29 is 10.1 Å². The molecule has 0 spiro atoms. The first-order valence-electron chi connectivity index (χ1n) is 2.88. The molecule has 1 amide bonds. The normalized spacial score (nSPS) is 19.6. The van der Waals surface area contributed by atoms with E-state index in [1.165, 1.54) is 0 Å². The van der Waals surface area contributed by atoms with Crippen LogP contribution in [0.1, 0.15) is 0 Å². The molecule has 8 heavy (non-hydrogen) atoms. The fraction of sp³-hybridized carbons (Fsp3) is 0.800. The Morgan fingerprint density at radius 1 is 1.75 bits per heavy atom. The molecule has 1 aliphatic heterocycles. The van der Waals surface area contributed by atoms with Gasteiger partial charge >= 0.3 is 0 Å². The zero-order valence-corrected chi connectivity index (χ0v) is 4.98. The number of hydrogen-bond donors (Lipinski definition) is 2. The lowest BCUT2D eigenvalue weighted by molar-refractivity contribution is -0.717. The Hall–Kier alpha value is -0.570. The summed E-state index contributed by atoms with van der Waals surface area (Å²) in [5, 5.41) is 4.73. The Balaban J connectivity index is 2.24. The third kappa shape index (κ3) is 0.816. The molecule has 3 N–H and O–H groups in total. The molecule has 0 bridgehead atoms. The van der Waals surface area contributed by atoms with Gasteiger partial charge in [0.2, 0.25) is 5.91 Å². The number of carbonyl (C=O) groups is 1. The molecule has 3 nitrogen and oxygen atoms in total. The summed E-state index contributed by atoms with van der Waals surface area (Å²) in [5.74, 6) is 0.479. The van der Waals surface area contributed by atoms with Gasteiger partial charge in [0, 0.05) is 7.05 Å². The van der Waals surface area contributed by atoms with E-state index in [9.17, 15) is 4.79 Å². The van der Waals surface area contributed by atoms with Gasteiger partial charge in [-0.25, -0.2) is 0 Å². The molecule has 0 aromatic rings. The van der Waals surface area contributed by atoms with Gasteiger partial charge in [0.25, 0.3) is 0 Å². The van der Waals surface area contributed by atoms with Gasteiger partial charge in [0.1, 0.15) is 5.92 Å². The number of carbonyl (C=O) groups excluding carboxylic acids is 1. The fourth-order valence-corrected chi connectivity index (χ4v) is 0.752. The van der Waals surface area contributed by atoms with Crippen LogP contribution in [0.4, 0.5) is 0 Å². The second-order valence-corrected chi connectivity index (χ2v) is 2.07. The highest BCUT2D eigenvalue weighted by Crippen LogP contribution is 1.92. The smallest absolute Gasteiger partial charge is 0.234 e. The highest BCUT2D eigenvalue weighted by atomic mass is 16.1. The maximum Gasteiger partial charge on any atom is 0.234 e. The number of nitrogens with two attached hydrogens (primary N) is 1. The van der Waals surface area contributed by atoms with Crippen LogP contribution in [0.2, 0.25) is 0 Å². The Morgan fingerprint density at radius 3 is 2.50 bits per heavy atom. The van der Waals surface area contributed by atoms with Crippen LogP contribution in [-0.2, 0) is 4.79 Å². The van der Waals surface area contributed by atoms with Crippen molar-refractivity contribution in [3.63, 3.8) is 0 Å². The van der Waals surface area contributed by atoms with Crippen molar-refractivity contribution in [3.05, 3.63) is 0 Å². The molecular formula is C5H11N2O+. The van der Waals surface area contributed by atoms with E-state index in [-0.39, 0.29) is 5.91 Å². The van der Waals surface area contributed by atoms with E-state index in [0.717, 1.165) is 13.1 Å². The predicted molar refractivity (Wildman–Crippen MR) is 29.2 cm³/mol. The summed E-state index contributed by atoms with van der Waals surface area (Å²) in [5.41, 5.74) is 0. The SMILES string of the molecule is CNC(=O)C1C[NH2+]C1. The quantitative estimate of drug-likeness (QED) is 0.405. The van der Waals surface area contributed by atoms with Gasteiger partial charge in [-0.1, -0.05) is 0 Å². The summed E-state index contributed by atoms with van der Waals surface area (Å²) < 4.78 is 0. The van der Waals surface area contributed by atoms with Crippen molar-refractivity contribution in [2.45, 2.75) is 0 Å². The molecule has 0 aromatic heterocycles. The molecule has 0 saturated carbocycles. The second kappa shape index (κ2) is 2.13. The van der Waals surface area contributed by atoms with Gasteiger partial charge in [-0.2, -0.15) is 0 Å². The molecule has 1 rings (SSSR count). The first kappa shape index (κ1) is 5.56. The number of rotatable bonds is 1. The van der Waals surface area contributed by atoms with Crippen LogP contribution in [0.15, 0.2) is 0 Å². The summed E-state index contributed by atoms with van der Waals surface area (Å²) in [4.78, 5) is 10.7. The lowest BCUT2D eigenvalue weighted by atomic mass is 10.0. The number of hydrogen-bond acceptors (Lipinski definition) is 1. The molecule has 1 saturated heterocycles. The van der Waals surface area contributed by atoms with Crippen molar-refractivity contribution in [2.75, 3.05) is 20.1 Å². The van der Waals surface area contributed by atoms with Crippen molar-refractivity contribution in [2.24, 2.45) is 5.92 Å². The molecule has 3 heteroatoms.